The summed E-state index contributed by atoms with van der Waals surface area (Å²) in [5.74, 6) is 0.321. The zero-order chi connectivity index (χ0) is 21.1. The third kappa shape index (κ3) is 4.27. The van der Waals surface area contributed by atoms with Crippen LogP contribution in [0, 0.1) is 6.92 Å². The van der Waals surface area contributed by atoms with Crippen LogP contribution in [0.5, 0.6) is 0 Å². The molecule has 0 saturated heterocycles. The Morgan fingerprint density at radius 3 is 2.67 bits per heavy atom. The molecule has 2 heterocycles. The Hall–Kier alpha value is -3.43. The normalized spacial score (nSPS) is 11.0. The molecular weight excluding hydrogens is 398 g/mol. The smallest absolute Gasteiger partial charge is 0.238 e. The number of fused-ring (bicyclic) bond motifs is 1. The van der Waals surface area contributed by atoms with Crippen molar-refractivity contribution in [2.24, 2.45) is 0 Å². The van der Waals surface area contributed by atoms with E-state index >= 15 is 0 Å². The minimum absolute atomic E-state index is 0.0913. The molecule has 1 amide bonds. The first-order valence-electron chi connectivity index (χ1n) is 9.34. The zero-order valence-corrected chi connectivity index (χ0v) is 17.4. The third-order valence-electron chi connectivity index (χ3n) is 4.40. The Labute approximate surface area is 177 Å². The van der Waals surface area contributed by atoms with Crippen molar-refractivity contribution in [3.05, 3.63) is 54.2 Å². The SMILES string of the molecule is CNCC(=O)Nc1ccc(Sc2nc(N)c3c(-c4cc(C)[nH]n4)cccc3n2)cc1. The minimum Gasteiger partial charge on any atom is -0.383 e. The summed E-state index contributed by atoms with van der Waals surface area (Å²) >= 11 is 1.41. The number of nitrogens with two attached hydrogens (primary N) is 1. The largest absolute Gasteiger partial charge is 0.383 e. The van der Waals surface area contributed by atoms with Gasteiger partial charge in [0, 0.05) is 21.8 Å². The quantitative estimate of drug-likeness (QED) is 0.354. The van der Waals surface area contributed by atoms with Crippen molar-refractivity contribution in [3.8, 4) is 11.3 Å². The predicted octanol–water partition coefficient (Wildman–Crippen LogP) is 3.22. The van der Waals surface area contributed by atoms with Gasteiger partial charge >= 0.3 is 0 Å². The van der Waals surface area contributed by atoms with Crippen molar-refractivity contribution in [3.63, 3.8) is 0 Å². The summed E-state index contributed by atoms with van der Waals surface area (Å²) in [6.07, 6.45) is 0. The van der Waals surface area contributed by atoms with E-state index in [0.717, 1.165) is 38.4 Å². The number of hydrogen-bond donors (Lipinski definition) is 4. The van der Waals surface area contributed by atoms with Gasteiger partial charge in [0.2, 0.25) is 5.91 Å². The summed E-state index contributed by atoms with van der Waals surface area (Å²) in [7, 11) is 1.73. The number of aromatic nitrogens is 4. The number of nitrogen functional groups attached to an aromatic ring is 1. The van der Waals surface area contributed by atoms with Gasteiger partial charge in [-0.05, 0) is 62.1 Å². The summed E-state index contributed by atoms with van der Waals surface area (Å²) in [4.78, 5) is 21.8. The molecule has 5 N–H and O–H groups in total. The predicted molar refractivity (Wildman–Crippen MR) is 119 cm³/mol. The highest BCUT2D eigenvalue weighted by Gasteiger charge is 2.13. The van der Waals surface area contributed by atoms with Crippen LogP contribution in [0.4, 0.5) is 11.5 Å². The van der Waals surface area contributed by atoms with Gasteiger partial charge in [0.05, 0.1) is 23.1 Å². The number of carbonyl (C=O) groups excluding carboxylic acids is 1. The lowest BCUT2D eigenvalue weighted by Crippen LogP contribution is -2.24. The first-order valence-corrected chi connectivity index (χ1v) is 10.2. The molecule has 8 nitrogen and oxygen atoms in total. The molecule has 2 aromatic heterocycles. The molecule has 0 spiro atoms. The second kappa shape index (κ2) is 8.52. The van der Waals surface area contributed by atoms with Crippen LogP contribution in [0.25, 0.3) is 22.2 Å². The number of likely N-dealkylation sites (N-methyl/N-ethyl adjacent to an activating group) is 1. The van der Waals surface area contributed by atoms with Gasteiger partial charge < -0.3 is 16.4 Å². The fourth-order valence-corrected chi connectivity index (χ4v) is 3.85. The molecule has 4 rings (SSSR count). The number of aromatic amines is 1. The standard InChI is InChI=1S/C21H21N7OS/c1-12-10-17(28-27-12)15-4-3-5-16-19(15)20(22)26-21(25-16)30-14-8-6-13(7-9-14)24-18(29)11-23-2/h3-10,23H,11H2,1-2H3,(H,24,29)(H,27,28)(H2,22,25,26). The monoisotopic (exact) mass is 419 g/mol. The summed E-state index contributed by atoms with van der Waals surface area (Å²) < 4.78 is 0. The van der Waals surface area contributed by atoms with E-state index in [2.05, 4.69) is 30.8 Å². The van der Waals surface area contributed by atoms with Crippen LogP contribution in [0.2, 0.25) is 0 Å². The van der Waals surface area contributed by atoms with E-state index in [1.165, 1.54) is 11.8 Å². The van der Waals surface area contributed by atoms with Gasteiger partial charge in [-0.1, -0.05) is 12.1 Å². The van der Waals surface area contributed by atoms with Gasteiger partial charge in [0.25, 0.3) is 0 Å². The van der Waals surface area contributed by atoms with E-state index in [1.807, 2.05) is 55.5 Å². The van der Waals surface area contributed by atoms with Gasteiger partial charge in [-0.3, -0.25) is 9.89 Å². The second-order valence-corrected chi connectivity index (χ2v) is 7.77. The zero-order valence-electron chi connectivity index (χ0n) is 16.6. The summed E-state index contributed by atoms with van der Waals surface area (Å²) in [6.45, 7) is 2.22. The van der Waals surface area contributed by atoms with Crippen molar-refractivity contribution in [1.82, 2.24) is 25.5 Å². The fourth-order valence-electron chi connectivity index (χ4n) is 3.08. The Bertz CT molecular complexity index is 1200. The Morgan fingerprint density at radius 2 is 1.97 bits per heavy atom. The number of anilines is 2. The molecule has 0 aliphatic heterocycles. The Balaban J connectivity index is 1.59. The fraction of sp³-hybridized carbons (Fsp3) is 0.143. The molecule has 0 radical (unpaired) electrons. The third-order valence-corrected chi connectivity index (χ3v) is 5.27. The maximum Gasteiger partial charge on any atom is 0.238 e. The molecule has 0 bridgehead atoms. The van der Waals surface area contributed by atoms with Crippen LogP contribution in [0.3, 0.4) is 0 Å². The molecule has 0 unspecified atom stereocenters. The van der Waals surface area contributed by atoms with Gasteiger partial charge in [-0.2, -0.15) is 5.10 Å². The maximum atomic E-state index is 11.7. The molecule has 152 valence electrons. The Kier molecular flexibility index (Phi) is 5.64. The van der Waals surface area contributed by atoms with E-state index in [4.69, 9.17) is 5.73 Å². The number of nitrogens with one attached hydrogen (secondary N) is 3. The number of benzene rings is 2. The van der Waals surface area contributed by atoms with Crippen molar-refractivity contribution in [2.75, 3.05) is 24.6 Å². The van der Waals surface area contributed by atoms with E-state index in [0.29, 0.717) is 11.0 Å². The minimum atomic E-state index is -0.0913. The van der Waals surface area contributed by atoms with E-state index < -0.39 is 0 Å². The van der Waals surface area contributed by atoms with Crippen LogP contribution < -0.4 is 16.4 Å². The molecule has 4 aromatic rings. The lowest BCUT2D eigenvalue weighted by Gasteiger charge is -2.09. The molecule has 30 heavy (non-hydrogen) atoms. The van der Waals surface area contributed by atoms with Crippen LogP contribution in [0.15, 0.2) is 58.6 Å². The molecule has 0 aliphatic rings. The topological polar surface area (TPSA) is 122 Å². The molecule has 0 fully saturated rings. The maximum absolute atomic E-state index is 11.7. The molecule has 2 aromatic carbocycles. The van der Waals surface area contributed by atoms with E-state index in [1.54, 1.807) is 7.05 Å². The first kappa shape index (κ1) is 19.9. The number of rotatable bonds is 6. The number of amides is 1. The Morgan fingerprint density at radius 1 is 1.17 bits per heavy atom. The van der Waals surface area contributed by atoms with Crippen molar-refractivity contribution >= 4 is 40.1 Å². The molecule has 0 aliphatic carbocycles. The summed E-state index contributed by atoms with van der Waals surface area (Å²) in [5.41, 5.74) is 10.5. The number of aryl methyl sites for hydroxylation is 1. The number of H-pyrrole nitrogens is 1. The number of nitrogens with zero attached hydrogens (tertiary/aromatic N) is 3. The average Bonchev–Trinajstić information content (AvgIpc) is 3.15. The lowest BCUT2D eigenvalue weighted by molar-refractivity contribution is -0.115. The molecule has 0 saturated carbocycles. The van der Waals surface area contributed by atoms with Crippen molar-refractivity contribution in [1.29, 1.82) is 0 Å². The average molecular weight is 420 g/mol. The van der Waals surface area contributed by atoms with Crippen LogP contribution >= 0.6 is 11.8 Å². The van der Waals surface area contributed by atoms with Crippen molar-refractivity contribution < 1.29 is 4.79 Å². The highest BCUT2D eigenvalue weighted by molar-refractivity contribution is 7.99. The first-order chi connectivity index (χ1) is 14.5. The van der Waals surface area contributed by atoms with E-state index in [9.17, 15) is 4.79 Å². The van der Waals surface area contributed by atoms with Gasteiger partial charge in [0.1, 0.15) is 5.82 Å². The van der Waals surface area contributed by atoms with Gasteiger partial charge in [-0.15, -0.1) is 0 Å². The van der Waals surface area contributed by atoms with Crippen LogP contribution in [0.1, 0.15) is 5.69 Å². The highest BCUT2D eigenvalue weighted by atomic mass is 32.2. The summed E-state index contributed by atoms with van der Waals surface area (Å²) in [6, 6.07) is 15.3. The van der Waals surface area contributed by atoms with Gasteiger partial charge in [0.15, 0.2) is 5.16 Å². The summed E-state index contributed by atoms with van der Waals surface area (Å²) in [5, 5.41) is 14.3. The molecule has 9 heteroatoms. The highest BCUT2D eigenvalue weighted by Crippen LogP contribution is 2.33. The van der Waals surface area contributed by atoms with Gasteiger partial charge in [-0.25, -0.2) is 9.97 Å². The lowest BCUT2D eigenvalue weighted by atomic mass is 10.1. The number of carbonyl (C=O) groups is 1. The second-order valence-electron chi connectivity index (χ2n) is 6.73. The molecule has 0 atom stereocenters. The van der Waals surface area contributed by atoms with Crippen LogP contribution in [-0.4, -0.2) is 39.7 Å². The van der Waals surface area contributed by atoms with E-state index in [-0.39, 0.29) is 12.5 Å². The molecular formula is C21H21N7OS. The number of hydrogen-bond acceptors (Lipinski definition) is 7. The van der Waals surface area contributed by atoms with Crippen molar-refractivity contribution in [2.45, 2.75) is 17.0 Å². The van der Waals surface area contributed by atoms with Crippen LogP contribution in [-0.2, 0) is 4.79 Å².